The maximum absolute atomic E-state index is 5.96. The highest BCUT2D eigenvalue weighted by atomic mass is 32.2. The summed E-state index contributed by atoms with van der Waals surface area (Å²) in [6.45, 7) is 8.16. The third-order valence-corrected chi connectivity index (χ3v) is 4.44. The first kappa shape index (κ1) is 15.9. The third-order valence-electron chi connectivity index (χ3n) is 3.63. The van der Waals surface area contributed by atoms with Gasteiger partial charge in [0.2, 0.25) is 0 Å². The van der Waals surface area contributed by atoms with E-state index in [1.807, 2.05) is 33.0 Å². The van der Waals surface area contributed by atoms with Crippen LogP contribution in [0.1, 0.15) is 35.9 Å². The first-order valence-corrected chi connectivity index (χ1v) is 8.01. The molecule has 1 atom stereocenters. The van der Waals surface area contributed by atoms with Gasteiger partial charge in [-0.2, -0.15) is 0 Å². The smallest absolute Gasteiger partial charge is 0.194 e. The summed E-state index contributed by atoms with van der Waals surface area (Å²) in [5.41, 5.74) is 10.3. The van der Waals surface area contributed by atoms with Gasteiger partial charge in [0.1, 0.15) is 5.03 Å². The summed E-state index contributed by atoms with van der Waals surface area (Å²) in [5.74, 6) is 0. The van der Waals surface area contributed by atoms with Gasteiger partial charge in [0, 0.05) is 23.6 Å². The first-order valence-electron chi connectivity index (χ1n) is 7.19. The van der Waals surface area contributed by atoms with Crippen LogP contribution in [0.25, 0.3) is 0 Å². The number of aromatic nitrogens is 3. The van der Waals surface area contributed by atoms with E-state index in [1.165, 1.54) is 17.3 Å². The van der Waals surface area contributed by atoms with Crippen molar-refractivity contribution in [1.82, 2.24) is 15.0 Å². The van der Waals surface area contributed by atoms with Gasteiger partial charge in [-0.25, -0.2) is 15.0 Å². The molecule has 0 radical (unpaired) electrons. The van der Waals surface area contributed by atoms with Crippen LogP contribution in [0.5, 0.6) is 0 Å². The molecule has 0 fully saturated rings. The molecule has 1 unspecified atom stereocenters. The average Bonchev–Trinajstić information content (AvgIpc) is 2.46. The minimum atomic E-state index is 0.205. The highest BCUT2D eigenvalue weighted by molar-refractivity contribution is 7.99. The number of nitrogens with zero attached hydrogens (tertiary/aromatic N) is 3. The molecule has 2 N–H and O–H groups in total. The highest BCUT2D eigenvalue weighted by Gasteiger charge is 2.08. The van der Waals surface area contributed by atoms with Crippen molar-refractivity contribution in [2.45, 2.75) is 56.8 Å². The number of hydrogen-bond donors (Lipinski definition) is 1. The lowest BCUT2D eigenvalue weighted by atomic mass is 10.1. The molecule has 5 heteroatoms. The van der Waals surface area contributed by atoms with Crippen LogP contribution in [0.2, 0.25) is 0 Å². The highest BCUT2D eigenvalue weighted by Crippen LogP contribution is 2.24. The number of aryl methyl sites for hydroxylation is 2. The molecule has 2 aromatic heterocycles. The molecule has 2 aromatic rings. The van der Waals surface area contributed by atoms with E-state index < -0.39 is 0 Å². The van der Waals surface area contributed by atoms with Gasteiger partial charge in [0.05, 0.1) is 0 Å². The maximum atomic E-state index is 5.96. The number of rotatable bonds is 5. The molecule has 0 saturated heterocycles. The minimum absolute atomic E-state index is 0.205. The van der Waals surface area contributed by atoms with Gasteiger partial charge in [-0.3, -0.25) is 0 Å². The van der Waals surface area contributed by atoms with E-state index in [4.69, 9.17) is 5.73 Å². The van der Waals surface area contributed by atoms with Gasteiger partial charge in [0.15, 0.2) is 5.16 Å². The van der Waals surface area contributed by atoms with Crippen LogP contribution in [-0.4, -0.2) is 21.0 Å². The summed E-state index contributed by atoms with van der Waals surface area (Å²) in [6.07, 6.45) is 3.74. The van der Waals surface area contributed by atoms with Crippen molar-refractivity contribution in [2.75, 3.05) is 0 Å². The van der Waals surface area contributed by atoms with Crippen LogP contribution in [0.4, 0.5) is 0 Å². The summed E-state index contributed by atoms with van der Waals surface area (Å²) < 4.78 is 0. The van der Waals surface area contributed by atoms with E-state index >= 15 is 0 Å². The molecular formula is C16H22N4S. The van der Waals surface area contributed by atoms with E-state index in [0.717, 1.165) is 40.0 Å². The normalized spacial score (nSPS) is 12.4. The summed E-state index contributed by atoms with van der Waals surface area (Å²) in [6, 6.07) is 4.30. The quantitative estimate of drug-likeness (QED) is 0.859. The molecule has 0 aliphatic heterocycles. The second kappa shape index (κ2) is 7.00. The summed E-state index contributed by atoms with van der Waals surface area (Å²) in [4.78, 5) is 13.5. The Balaban J connectivity index is 2.10. The van der Waals surface area contributed by atoms with Crippen molar-refractivity contribution >= 4 is 11.8 Å². The Hall–Kier alpha value is -1.46. The lowest BCUT2D eigenvalue weighted by Gasteiger charge is -2.09. The molecule has 2 heterocycles. The molecule has 21 heavy (non-hydrogen) atoms. The summed E-state index contributed by atoms with van der Waals surface area (Å²) in [7, 11) is 0. The van der Waals surface area contributed by atoms with Crippen molar-refractivity contribution in [3.8, 4) is 0 Å². The standard InChI is InChI=1S/C16H22N4S/c1-5-14(17)8-13-6-7-15(18-9-13)21-16-19-11(3)10(2)12(4)20-16/h6-7,9,14H,5,8,17H2,1-4H3. The Morgan fingerprint density at radius 1 is 1.14 bits per heavy atom. The van der Waals surface area contributed by atoms with Gasteiger partial charge >= 0.3 is 0 Å². The lowest BCUT2D eigenvalue weighted by molar-refractivity contribution is 0.644. The van der Waals surface area contributed by atoms with Crippen LogP contribution in [0.3, 0.4) is 0 Å². The molecule has 0 aliphatic carbocycles. The van der Waals surface area contributed by atoms with Crippen molar-refractivity contribution in [3.63, 3.8) is 0 Å². The Morgan fingerprint density at radius 3 is 2.33 bits per heavy atom. The number of hydrogen-bond acceptors (Lipinski definition) is 5. The molecule has 0 spiro atoms. The van der Waals surface area contributed by atoms with Crippen LogP contribution < -0.4 is 5.73 Å². The fourth-order valence-electron chi connectivity index (χ4n) is 1.92. The molecule has 0 aliphatic rings. The van der Waals surface area contributed by atoms with Gasteiger partial charge in [-0.05, 0) is 62.6 Å². The third kappa shape index (κ3) is 4.25. The zero-order chi connectivity index (χ0) is 15.4. The van der Waals surface area contributed by atoms with E-state index in [2.05, 4.69) is 27.9 Å². The summed E-state index contributed by atoms with van der Waals surface area (Å²) >= 11 is 1.49. The minimum Gasteiger partial charge on any atom is -0.327 e. The molecule has 0 amide bonds. The Labute approximate surface area is 130 Å². The van der Waals surface area contributed by atoms with Gasteiger partial charge < -0.3 is 5.73 Å². The molecule has 0 saturated carbocycles. The van der Waals surface area contributed by atoms with Crippen LogP contribution in [0.15, 0.2) is 28.5 Å². The first-order chi connectivity index (χ1) is 9.99. The van der Waals surface area contributed by atoms with Gasteiger partial charge in [-0.15, -0.1) is 0 Å². The molecule has 0 aromatic carbocycles. The molecule has 4 nitrogen and oxygen atoms in total. The predicted molar refractivity (Wildman–Crippen MR) is 86.6 cm³/mol. The molecule has 0 bridgehead atoms. The fraction of sp³-hybridized carbons (Fsp3) is 0.438. The van der Waals surface area contributed by atoms with Gasteiger partial charge in [-0.1, -0.05) is 13.0 Å². The monoisotopic (exact) mass is 302 g/mol. The van der Waals surface area contributed by atoms with Crippen molar-refractivity contribution in [1.29, 1.82) is 0 Å². The molecule has 112 valence electrons. The summed E-state index contributed by atoms with van der Waals surface area (Å²) in [5, 5.41) is 1.66. The van der Waals surface area contributed by atoms with Crippen molar-refractivity contribution < 1.29 is 0 Å². The Kier molecular flexibility index (Phi) is 5.31. The predicted octanol–water partition coefficient (Wildman–Crippen LogP) is 3.23. The molecule has 2 rings (SSSR count). The average molecular weight is 302 g/mol. The molecular weight excluding hydrogens is 280 g/mol. The van der Waals surface area contributed by atoms with Gasteiger partial charge in [0.25, 0.3) is 0 Å². The van der Waals surface area contributed by atoms with Crippen LogP contribution in [-0.2, 0) is 6.42 Å². The van der Waals surface area contributed by atoms with Crippen LogP contribution >= 0.6 is 11.8 Å². The van der Waals surface area contributed by atoms with Crippen molar-refractivity contribution in [2.24, 2.45) is 5.73 Å². The SMILES string of the molecule is CCC(N)Cc1ccc(Sc2nc(C)c(C)c(C)n2)nc1. The number of pyridine rings is 1. The fourth-order valence-corrected chi connectivity index (χ4v) is 2.71. The largest absolute Gasteiger partial charge is 0.327 e. The van der Waals surface area contributed by atoms with E-state index in [1.54, 1.807) is 0 Å². The zero-order valence-corrected chi connectivity index (χ0v) is 13.9. The van der Waals surface area contributed by atoms with Crippen molar-refractivity contribution in [3.05, 3.63) is 40.8 Å². The second-order valence-corrected chi connectivity index (χ2v) is 6.27. The topological polar surface area (TPSA) is 64.7 Å². The second-order valence-electron chi connectivity index (χ2n) is 5.28. The van der Waals surface area contributed by atoms with E-state index in [9.17, 15) is 0 Å². The Bertz CT molecular complexity index is 587. The van der Waals surface area contributed by atoms with Crippen LogP contribution in [0, 0.1) is 20.8 Å². The maximum Gasteiger partial charge on any atom is 0.194 e. The number of nitrogens with two attached hydrogens (primary N) is 1. The van der Waals surface area contributed by atoms with E-state index in [0.29, 0.717) is 0 Å². The lowest BCUT2D eigenvalue weighted by Crippen LogP contribution is -2.21. The Morgan fingerprint density at radius 2 is 1.81 bits per heavy atom. The van der Waals surface area contributed by atoms with E-state index in [-0.39, 0.29) is 6.04 Å². The zero-order valence-electron chi connectivity index (χ0n) is 13.1.